The zero-order valence-electron chi connectivity index (χ0n) is 15.9. The minimum Gasteiger partial charge on any atom is -0.410 e. The Morgan fingerprint density at radius 3 is 2.45 bits per heavy atom. The summed E-state index contributed by atoms with van der Waals surface area (Å²) in [5.41, 5.74) is 2.41. The van der Waals surface area contributed by atoms with E-state index >= 15 is 0 Å². The Bertz CT molecular complexity index is 977. The van der Waals surface area contributed by atoms with Gasteiger partial charge in [-0.1, -0.05) is 6.07 Å². The second-order valence-electron chi connectivity index (χ2n) is 6.44. The molecule has 31 heavy (non-hydrogen) atoms. The van der Waals surface area contributed by atoms with E-state index in [1.165, 1.54) is 35.2 Å². The van der Waals surface area contributed by atoms with Crippen molar-refractivity contribution in [3.05, 3.63) is 71.7 Å². The monoisotopic (exact) mass is 439 g/mol. The molecule has 2 N–H and O–H groups in total. The van der Waals surface area contributed by atoms with E-state index in [1.54, 1.807) is 6.08 Å². The fourth-order valence-electron chi connectivity index (χ4n) is 2.62. The van der Waals surface area contributed by atoms with Crippen molar-refractivity contribution in [2.24, 2.45) is 0 Å². The Morgan fingerprint density at radius 1 is 1.06 bits per heavy atom. The highest BCUT2D eigenvalue weighted by molar-refractivity contribution is 5.84. The van der Waals surface area contributed by atoms with Gasteiger partial charge in [-0.3, -0.25) is 5.32 Å². The molecule has 1 aliphatic rings. The average molecular weight is 439 g/mol. The number of anilines is 1. The summed E-state index contributed by atoms with van der Waals surface area (Å²) in [6.45, 7) is 0.294. The summed E-state index contributed by atoms with van der Waals surface area (Å²) < 4.78 is 56.1. The van der Waals surface area contributed by atoms with E-state index in [0.717, 1.165) is 18.2 Å². The van der Waals surface area contributed by atoms with Crippen LogP contribution in [0.25, 0.3) is 0 Å². The maximum Gasteiger partial charge on any atom is 0.435 e. The second kappa shape index (κ2) is 9.37. The summed E-state index contributed by atoms with van der Waals surface area (Å²) in [5, 5.41) is 2.40. The number of rotatable bonds is 4. The van der Waals surface area contributed by atoms with Gasteiger partial charge in [0.05, 0.1) is 5.56 Å². The van der Waals surface area contributed by atoms with E-state index in [0.29, 0.717) is 17.8 Å². The Morgan fingerprint density at radius 2 is 1.81 bits per heavy atom. The van der Waals surface area contributed by atoms with E-state index in [4.69, 9.17) is 9.57 Å². The van der Waals surface area contributed by atoms with Crippen molar-refractivity contribution in [1.82, 2.24) is 10.4 Å². The van der Waals surface area contributed by atoms with Gasteiger partial charge in [-0.15, -0.1) is 0 Å². The SMILES string of the molecule is O=C(Nc1ccc(F)cc1)ONC1=CCN(C(=O)Oc2cccc(C(F)(F)F)c2)CC1. The fourth-order valence-corrected chi connectivity index (χ4v) is 2.62. The molecule has 164 valence electrons. The first-order valence-corrected chi connectivity index (χ1v) is 9.03. The number of nitrogens with zero attached hydrogens (tertiary/aromatic N) is 1. The molecule has 0 fully saturated rings. The molecule has 0 aromatic heterocycles. The highest BCUT2D eigenvalue weighted by atomic mass is 19.4. The molecule has 7 nitrogen and oxygen atoms in total. The lowest BCUT2D eigenvalue weighted by Crippen LogP contribution is -2.39. The number of carbonyl (C=O) groups excluding carboxylic acids is 2. The van der Waals surface area contributed by atoms with E-state index in [1.807, 2.05) is 0 Å². The second-order valence-corrected chi connectivity index (χ2v) is 6.44. The number of benzene rings is 2. The predicted molar refractivity (Wildman–Crippen MR) is 101 cm³/mol. The van der Waals surface area contributed by atoms with Crippen molar-refractivity contribution < 1.29 is 36.7 Å². The molecule has 0 saturated carbocycles. The van der Waals surface area contributed by atoms with E-state index in [2.05, 4.69) is 10.8 Å². The van der Waals surface area contributed by atoms with E-state index in [-0.39, 0.29) is 18.8 Å². The summed E-state index contributed by atoms with van der Waals surface area (Å²) in [5.74, 6) is -0.658. The van der Waals surface area contributed by atoms with Crippen molar-refractivity contribution in [3.63, 3.8) is 0 Å². The topological polar surface area (TPSA) is 79.9 Å². The zero-order valence-corrected chi connectivity index (χ0v) is 15.9. The van der Waals surface area contributed by atoms with Crippen LogP contribution in [-0.4, -0.2) is 30.2 Å². The summed E-state index contributed by atoms with van der Waals surface area (Å²) >= 11 is 0. The first-order chi connectivity index (χ1) is 14.7. The molecule has 2 aromatic carbocycles. The molecule has 0 spiro atoms. The molecular weight excluding hydrogens is 422 g/mol. The van der Waals surface area contributed by atoms with Gasteiger partial charge >= 0.3 is 18.4 Å². The summed E-state index contributed by atoms with van der Waals surface area (Å²) in [6, 6.07) is 9.13. The molecule has 1 heterocycles. The third kappa shape index (κ3) is 6.36. The van der Waals surface area contributed by atoms with Gasteiger partial charge < -0.3 is 14.5 Å². The van der Waals surface area contributed by atoms with Crippen molar-refractivity contribution in [3.8, 4) is 5.75 Å². The minimum atomic E-state index is -4.54. The maximum absolute atomic E-state index is 12.8. The number of nitrogens with one attached hydrogen (secondary N) is 2. The van der Waals surface area contributed by atoms with Gasteiger partial charge in [0, 0.05) is 30.9 Å². The maximum atomic E-state index is 12.8. The van der Waals surface area contributed by atoms with Crippen LogP contribution in [0.5, 0.6) is 5.75 Å². The lowest BCUT2D eigenvalue weighted by Gasteiger charge is -2.25. The number of halogens is 4. The number of amides is 2. The molecule has 0 radical (unpaired) electrons. The zero-order chi connectivity index (χ0) is 22.4. The number of ether oxygens (including phenoxy) is 1. The van der Waals surface area contributed by atoms with Crippen molar-refractivity contribution in [1.29, 1.82) is 0 Å². The quantitative estimate of drug-likeness (QED) is 0.534. The Hall–Kier alpha value is -3.76. The van der Waals surface area contributed by atoms with Gasteiger partial charge in [-0.25, -0.2) is 19.5 Å². The number of hydrogen-bond acceptors (Lipinski definition) is 5. The molecule has 0 unspecified atom stereocenters. The summed E-state index contributed by atoms with van der Waals surface area (Å²) in [4.78, 5) is 30.0. The third-order valence-corrected chi connectivity index (χ3v) is 4.20. The van der Waals surface area contributed by atoms with E-state index in [9.17, 15) is 27.2 Å². The number of carbonyl (C=O) groups is 2. The average Bonchev–Trinajstić information content (AvgIpc) is 2.74. The van der Waals surface area contributed by atoms with Crippen LogP contribution < -0.4 is 15.5 Å². The molecule has 0 atom stereocenters. The first-order valence-electron chi connectivity index (χ1n) is 9.03. The molecule has 3 rings (SSSR count). The number of hydrogen-bond donors (Lipinski definition) is 2. The molecule has 2 amide bonds. The van der Waals surface area contributed by atoms with Gasteiger partial charge in [0.15, 0.2) is 0 Å². The van der Waals surface area contributed by atoms with Crippen LogP contribution in [0.15, 0.2) is 60.3 Å². The summed E-state index contributed by atoms with van der Waals surface area (Å²) in [7, 11) is 0. The molecule has 0 bridgehead atoms. The van der Waals surface area contributed by atoms with Gasteiger partial charge in [0.25, 0.3) is 0 Å². The summed E-state index contributed by atoms with van der Waals surface area (Å²) in [6.07, 6.45) is -4.30. The highest BCUT2D eigenvalue weighted by Crippen LogP contribution is 2.31. The number of alkyl halides is 3. The first kappa shape index (κ1) is 21.9. The molecule has 11 heteroatoms. The van der Waals surface area contributed by atoms with Crippen LogP contribution in [0.2, 0.25) is 0 Å². The van der Waals surface area contributed by atoms with Crippen LogP contribution in [0.4, 0.5) is 32.8 Å². The van der Waals surface area contributed by atoms with Gasteiger partial charge in [-0.2, -0.15) is 13.2 Å². The number of hydroxylamine groups is 1. The normalized spacial score (nSPS) is 13.8. The standard InChI is InChI=1S/C20H17F4N3O4/c21-14-4-6-15(7-5-14)25-18(28)31-26-16-8-10-27(11-9-16)19(29)30-17-3-1-2-13(12-17)20(22,23)24/h1-8,12,26H,9-11H2,(H,25,28). The lowest BCUT2D eigenvalue weighted by atomic mass is 10.2. The van der Waals surface area contributed by atoms with Crippen LogP contribution in [0, 0.1) is 5.82 Å². The molecule has 2 aromatic rings. The van der Waals surface area contributed by atoms with Crippen LogP contribution in [-0.2, 0) is 11.0 Å². The Balaban J connectivity index is 1.46. The minimum absolute atomic E-state index is 0.100. The Labute approximate surface area is 174 Å². The third-order valence-electron chi connectivity index (χ3n) is 4.20. The smallest absolute Gasteiger partial charge is 0.410 e. The lowest BCUT2D eigenvalue weighted by molar-refractivity contribution is -0.137. The van der Waals surface area contributed by atoms with Crippen molar-refractivity contribution in [2.45, 2.75) is 12.6 Å². The van der Waals surface area contributed by atoms with Crippen LogP contribution >= 0.6 is 0 Å². The van der Waals surface area contributed by atoms with Crippen molar-refractivity contribution >= 4 is 17.9 Å². The van der Waals surface area contributed by atoms with Gasteiger partial charge in [-0.05, 0) is 48.5 Å². The molecular formula is C20H17F4N3O4. The Kier molecular flexibility index (Phi) is 6.63. The fraction of sp³-hybridized carbons (Fsp3) is 0.200. The van der Waals surface area contributed by atoms with Crippen LogP contribution in [0.1, 0.15) is 12.0 Å². The van der Waals surface area contributed by atoms with Gasteiger partial charge in [0.1, 0.15) is 11.6 Å². The van der Waals surface area contributed by atoms with E-state index < -0.39 is 29.7 Å². The predicted octanol–water partition coefficient (Wildman–Crippen LogP) is 4.69. The molecule has 0 saturated heterocycles. The largest absolute Gasteiger partial charge is 0.435 e. The molecule has 1 aliphatic heterocycles. The van der Waals surface area contributed by atoms with Crippen molar-refractivity contribution in [2.75, 3.05) is 18.4 Å². The van der Waals surface area contributed by atoms with Gasteiger partial charge in [0.2, 0.25) is 0 Å². The highest BCUT2D eigenvalue weighted by Gasteiger charge is 2.31. The van der Waals surface area contributed by atoms with Crippen LogP contribution in [0.3, 0.4) is 0 Å². The molecule has 0 aliphatic carbocycles.